The van der Waals surface area contributed by atoms with Crippen LogP contribution in [0.5, 0.6) is 0 Å². The Kier molecular flexibility index (Phi) is 6.18. The van der Waals surface area contributed by atoms with E-state index in [0.717, 1.165) is 28.6 Å². The summed E-state index contributed by atoms with van der Waals surface area (Å²) in [4.78, 5) is 1.46. The molecule has 2 rings (SSSR count). The summed E-state index contributed by atoms with van der Waals surface area (Å²) in [5.41, 5.74) is 0. The first kappa shape index (κ1) is 15.3. The first-order chi connectivity index (χ1) is 9.15. The molecule has 0 spiro atoms. The van der Waals surface area contributed by atoms with Crippen LogP contribution in [0.1, 0.15) is 44.4 Å². The summed E-state index contributed by atoms with van der Waals surface area (Å²) < 4.78 is 0.931. The van der Waals surface area contributed by atoms with Crippen molar-refractivity contribution in [2.24, 2.45) is 17.8 Å². The maximum atomic E-state index is 6.04. The molecule has 0 bridgehead atoms. The average Bonchev–Trinajstić information content (AvgIpc) is 2.77. The molecule has 0 aliphatic heterocycles. The molecule has 0 saturated heterocycles. The fourth-order valence-corrected chi connectivity index (χ4v) is 4.28. The van der Waals surface area contributed by atoms with Crippen molar-refractivity contribution in [3.05, 3.63) is 21.3 Å². The summed E-state index contributed by atoms with van der Waals surface area (Å²) in [6, 6.07) is 4.25. The van der Waals surface area contributed by atoms with Gasteiger partial charge in [-0.05, 0) is 62.2 Å². The van der Waals surface area contributed by atoms with E-state index in [0.29, 0.717) is 0 Å². The van der Waals surface area contributed by atoms with E-state index in [1.54, 1.807) is 11.3 Å². The van der Waals surface area contributed by atoms with Crippen LogP contribution in [0.4, 0.5) is 0 Å². The Morgan fingerprint density at radius 2 is 2.00 bits per heavy atom. The van der Waals surface area contributed by atoms with Gasteiger partial charge >= 0.3 is 0 Å². The lowest BCUT2D eigenvalue weighted by Crippen LogP contribution is -2.33. The summed E-state index contributed by atoms with van der Waals surface area (Å²) in [7, 11) is 0. The number of hydrogen-bond acceptors (Lipinski definition) is 2. The molecule has 2 atom stereocenters. The number of rotatable bonds is 6. The first-order valence-corrected chi connectivity index (χ1v) is 8.79. The third-order valence-corrected chi connectivity index (χ3v) is 5.37. The van der Waals surface area contributed by atoms with Crippen molar-refractivity contribution in [2.75, 3.05) is 13.1 Å². The predicted molar refractivity (Wildman–Crippen MR) is 86.2 cm³/mol. The summed E-state index contributed by atoms with van der Waals surface area (Å²) in [5, 5.41) is 3.65. The number of thiophene rings is 1. The predicted octanol–water partition coefficient (Wildman–Crippen LogP) is 5.00. The molecule has 1 aliphatic carbocycles. The van der Waals surface area contributed by atoms with Crippen LogP contribution in [0, 0.1) is 17.8 Å². The van der Waals surface area contributed by atoms with Crippen molar-refractivity contribution in [3.63, 3.8) is 0 Å². The van der Waals surface area contributed by atoms with E-state index in [1.165, 1.54) is 43.5 Å². The molecule has 3 heteroatoms. The van der Waals surface area contributed by atoms with Gasteiger partial charge < -0.3 is 5.32 Å². The average molecular weight is 300 g/mol. The largest absolute Gasteiger partial charge is 0.316 e. The Morgan fingerprint density at radius 1 is 1.26 bits per heavy atom. The third-order valence-electron chi connectivity index (χ3n) is 4.12. The lowest BCUT2D eigenvalue weighted by Gasteiger charge is -2.32. The fraction of sp³-hybridized carbons (Fsp3) is 0.750. The van der Waals surface area contributed by atoms with Gasteiger partial charge in [-0.1, -0.05) is 38.3 Å². The fourth-order valence-electron chi connectivity index (χ4n) is 3.10. The molecule has 1 nitrogen and oxygen atoms in total. The standard InChI is InChI=1S/C16H26ClNS/c1-12(2)10-18-11-14-6-4-3-5-13(14)9-15-7-8-16(17)19-15/h7-8,12-14,18H,3-6,9-11H2,1-2H3. The van der Waals surface area contributed by atoms with E-state index < -0.39 is 0 Å². The van der Waals surface area contributed by atoms with Gasteiger partial charge in [0.2, 0.25) is 0 Å². The molecule has 1 aromatic rings. The van der Waals surface area contributed by atoms with Gasteiger partial charge in [0.05, 0.1) is 4.34 Å². The normalized spacial score (nSPS) is 24.0. The van der Waals surface area contributed by atoms with Gasteiger partial charge in [0.15, 0.2) is 0 Å². The highest BCUT2D eigenvalue weighted by atomic mass is 35.5. The number of halogens is 1. The Balaban J connectivity index is 1.84. The smallest absolute Gasteiger partial charge is 0.0931 e. The van der Waals surface area contributed by atoms with Crippen molar-refractivity contribution in [1.29, 1.82) is 0 Å². The van der Waals surface area contributed by atoms with E-state index >= 15 is 0 Å². The zero-order chi connectivity index (χ0) is 13.7. The second-order valence-corrected chi connectivity index (χ2v) is 8.07. The van der Waals surface area contributed by atoms with Gasteiger partial charge in [-0.3, -0.25) is 0 Å². The molecule has 1 aliphatic rings. The van der Waals surface area contributed by atoms with Gasteiger partial charge in [0.25, 0.3) is 0 Å². The minimum absolute atomic E-state index is 0.748. The molecule has 1 N–H and O–H groups in total. The molecule has 0 amide bonds. The summed E-state index contributed by atoms with van der Waals surface area (Å²) in [5.74, 6) is 2.45. The van der Waals surface area contributed by atoms with Gasteiger partial charge in [-0.15, -0.1) is 11.3 Å². The van der Waals surface area contributed by atoms with E-state index in [1.807, 2.05) is 6.07 Å². The minimum atomic E-state index is 0.748. The van der Waals surface area contributed by atoms with Gasteiger partial charge in [0.1, 0.15) is 0 Å². The molecular weight excluding hydrogens is 274 g/mol. The molecule has 1 fully saturated rings. The van der Waals surface area contributed by atoms with E-state index in [2.05, 4.69) is 25.2 Å². The molecule has 1 saturated carbocycles. The van der Waals surface area contributed by atoms with Gasteiger partial charge in [-0.25, -0.2) is 0 Å². The first-order valence-electron chi connectivity index (χ1n) is 7.60. The summed E-state index contributed by atoms with van der Waals surface area (Å²) in [6.07, 6.45) is 6.84. The lowest BCUT2D eigenvalue weighted by molar-refractivity contribution is 0.227. The molecule has 0 radical (unpaired) electrons. The van der Waals surface area contributed by atoms with Crippen LogP contribution < -0.4 is 5.32 Å². The van der Waals surface area contributed by atoms with Crippen LogP contribution in [0.15, 0.2) is 12.1 Å². The molecule has 108 valence electrons. The number of nitrogens with one attached hydrogen (secondary N) is 1. The molecular formula is C16H26ClNS. The molecule has 2 unspecified atom stereocenters. The molecule has 0 aromatic carbocycles. The maximum absolute atomic E-state index is 6.04. The highest BCUT2D eigenvalue weighted by Gasteiger charge is 2.25. The van der Waals surface area contributed by atoms with Crippen LogP contribution in [-0.4, -0.2) is 13.1 Å². The van der Waals surface area contributed by atoms with Crippen LogP contribution in [0.3, 0.4) is 0 Å². The zero-order valence-corrected chi connectivity index (χ0v) is 13.7. The Bertz CT molecular complexity index is 375. The highest BCUT2D eigenvalue weighted by molar-refractivity contribution is 7.16. The lowest BCUT2D eigenvalue weighted by atomic mass is 9.77. The maximum Gasteiger partial charge on any atom is 0.0931 e. The van der Waals surface area contributed by atoms with Crippen molar-refractivity contribution in [1.82, 2.24) is 5.32 Å². The van der Waals surface area contributed by atoms with Crippen molar-refractivity contribution in [3.8, 4) is 0 Å². The summed E-state index contributed by atoms with van der Waals surface area (Å²) >= 11 is 7.80. The summed E-state index contributed by atoms with van der Waals surface area (Å²) in [6.45, 7) is 6.90. The second kappa shape index (κ2) is 7.66. The van der Waals surface area contributed by atoms with E-state index in [-0.39, 0.29) is 0 Å². The van der Waals surface area contributed by atoms with Crippen LogP contribution in [-0.2, 0) is 6.42 Å². The van der Waals surface area contributed by atoms with E-state index in [9.17, 15) is 0 Å². The Hall–Kier alpha value is -0.0500. The number of hydrogen-bond donors (Lipinski definition) is 1. The van der Waals surface area contributed by atoms with E-state index in [4.69, 9.17) is 11.6 Å². The molecule has 19 heavy (non-hydrogen) atoms. The Morgan fingerprint density at radius 3 is 2.63 bits per heavy atom. The van der Waals surface area contributed by atoms with Gasteiger partial charge in [0, 0.05) is 4.88 Å². The van der Waals surface area contributed by atoms with Crippen LogP contribution in [0.25, 0.3) is 0 Å². The topological polar surface area (TPSA) is 12.0 Å². The van der Waals surface area contributed by atoms with Crippen LogP contribution >= 0.6 is 22.9 Å². The minimum Gasteiger partial charge on any atom is -0.316 e. The van der Waals surface area contributed by atoms with Crippen molar-refractivity contribution >= 4 is 22.9 Å². The molecule has 1 aromatic heterocycles. The second-order valence-electron chi connectivity index (χ2n) is 6.27. The quantitative estimate of drug-likeness (QED) is 0.780. The van der Waals surface area contributed by atoms with Gasteiger partial charge in [-0.2, -0.15) is 0 Å². The monoisotopic (exact) mass is 299 g/mol. The van der Waals surface area contributed by atoms with Crippen molar-refractivity contribution in [2.45, 2.75) is 46.0 Å². The van der Waals surface area contributed by atoms with Crippen molar-refractivity contribution < 1.29 is 0 Å². The Labute approximate surface area is 126 Å². The molecule has 1 heterocycles. The highest BCUT2D eigenvalue weighted by Crippen LogP contribution is 2.34. The van der Waals surface area contributed by atoms with Crippen LogP contribution in [0.2, 0.25) is 4.34 Å². The third kappa shape index (κ3) is 5.09. The SMILES string of the molecule is CC(C)CNCC1CCCCC1Cc1ccc(Cl)s1. The zero-order valence-electron chi connectivity index (χ0n) is 12.1.